The molecule has 48 heavy (non-hydrogen) atoms. The lowest BCUT2D eigenvalue weighted by atomic mass is 10.1. The molecule has 3 N–H and O–H groups in total. The molecule has 1 aliphatic rings. The minimum atomic E-state index is -4.63. The second-order valence-corrected chi connectivity index (χ2v) is 11.3. The molecule has 0 bridgehead atoms. The van der Waals surface area contributed by atoms with Crippen molar-refractivity contribution in [1.29, 1.82) is 0 Å². The highest BCUT2D eigenvalue weighted by Gasteiger charge is 2.32. The SMILES string of the molecule is CCc1c(N2CCN(C(=O)c3ncnc(C)c3O)CC2)c(=O)c2nc(NC(C)=O)cnc2n1CC(=O)Nc1ccc(C(F)(F)F)cc1Cl. The highest BCUT2D eigenvalue weighted by Crippen LogP contribution is 2.34. The van der Waals surface area contributed by atoms with E-state index in [0.717, 1.165) is 12.1 Å². The Bertz CT molecular complexity index is 2000. The van der Waals surface area contributed by atoms with E-state index in [-0.39, 0.29) is 83.1 Å². The Hall–Kier alpha value is -5.32. The monoisotopic (exact) mass is 687 g/mol. The van der Waals surface area contributed by atoms with Gasteiger partial charge < -0.3 is 30.1 Å². The molecule has 14 nitrogen and oxygen atoms in total. The molecular formula is C30H29ClF3N9O5. The Morgan fingerprint density at radius 3 is 2.40 bits per heavy atom. The average molecular weight is 688 g/mol. The number of benzene rings is 1. The summed E-state index contributed by atoms with van der Waals surface area (Å²) in [5.74, 6) is -1.95. The fourth-order valence-corrected chi connectivity index (χ4v) is 5.59. The maximum absolute atomic E-state index is 14.0. The van der Waals surface area contributed by atoms with Crippen molar-refractivity contribution in [1.82, 2.24) is 29.4 Å². The smallest absolute Gasteiger partial charge is 0.416 e. The van der Waals surface area contributed by atoms with Crippen LogP contribution in [0.25, 0.3) is 11.2 Å². The van der Waals surface area contributed by atoms with Crippen molar-refractivity contribution in [2.45, 2.75) is 39.9 Å². The number of hydrogen-bond donors (Lipinski definition) is 3. The number of aromatic hydroxyl groups is 1. The van der Waals surface area contributed by atoms with E-state index in [1.807, 2.05) is 0 Å². The summed E-state index contributed by atoms with van der Waals surface area (Å²) in [6.45, 7) is 4.84. The highest BCUT2D eigenvalue weighted by atomic mass is 35.5. The van der Waals surface area contributed by atoms with Crippen molar-refractivity contribution in [3.8, 4) is 5.75 Å². The molecule has 1 aliphatic heterocycles. The van der Waals surface area contributed by atoms with Gasteiger partial charge in [0, 0.05) is 38.8 Å². The number of aromatic nitrogens is 5. The molecule has 4 heterocycles. The highest BCUT2D eigenvalue weighted by molar-refractivity contribution is 6.33. The van der Waals surface area contributed by atoms with Crippen LogP contribution in [0.4, 0.5) is 30.4 Å². The third kappa shape index (κ3) is 6.85. The first-order chi connectivity index (χ1) is 22.7. The minimum absolute atomic E-state index is 0.00482. The lowest BCUT2D eigenvalue weighted by Gasteiger charge is -2.37. The van der Waals surface area contributed by atoms with Crippen LogP contribution in [0.1, 0.15) is 41.3 Å². The summed E-state index contributed by atoms with van der Waals surface area (Å²) in [5, 5.41) is 15.0. The molecule has 0 saturated carbocycles. The first-order valence-electron chi connectivity index (χ1n) is 14.6. The van der Waals surface area contributed by atoms with Gasteiger partial charge in [-0.1, -0.05) is 18.5 Å². The average Bonchev–Trinajstić information content (AvgIpc) is 3.03. The molecule has 18 heteroatoms. The summed E-state index contributed by atoms with van der Waals surface area (Å²) in [5.41, 5.74) is -0.944. The van der Waals surface area contributed by atoms with Gasteiger partial charge in [0.25, 0.3) is 5.91 Å². The number of halogens is 4. The van der Waals surface area contributed by atoms with Crippen molar-refractivity contribution in [3.63, 3.8) is 0 Å². The number of nitrogens with one attached hydrogen (secondary N) is 2. The van der Waals surface area contributed by atoms with Crippen LogP contribution in [0.15, 0.2) is 35.5 Å². The van der Waals surface area contributed by atoms with E-state index < -0.39 is 41.4 Å². The molecule has 1 fully saturated rings. The standard InChI is InChI=1S/C30H29ClF3N9O5/c1-4-20-25(41-7-9-42(10-8-41)29(48)24-26(46)15(2)36-14-37-24)27(47)23-28(35-12-21(40-23)38-16(3)44)43(20)13-22(45)39-19-6-5-17(11-18(19)31)30(32,33)34/h5-6,11-12,14,46H,4,7-10,13H2,1-3H3,(H,39,45)(H,38,40,44). The van der Waals surface area contributed by atoms with E-state index in [0.29, 0.717) is 11.8 Å². The van der Waals surface area contributed by atoms with Gasteiger partial charge in [-0.15, -0.1) is 0 Å². The number of nitrogens with zero attached hydrogens (tertiary/aromatic N) is 7. The number of hydrogen-bond acceptors (Lipinski definition) is 10. The number of piperazine rings is 1. The van der Waals surface area contributed by atoms with Crippen molar-refractivity contribution in [3.05, 3.63) is 68.6 Å². The summed E-state index contributed by atoms with van der Waals surface area (Å²) in [6, 6.07) is 2.54. The molecule has 4 aromatic rings. The zero-order valence-corrected chi connectivity index (χ0v) is 26.6. The molecule has 252 valence electrons. The van der Waals surface area contributed by atoms with Gasteiger partial charge in [-0.25, -0.2) is 19.9 Å². The van der Waals surface area contributed by atoms with Gasteiger partial charge in [0.1, 0.15) is 18.6 Å². The van der Waals surface area contributed by atoms with E-state index in [4.69, 9.17) is 11.6 Å². The Morgan fingerprint density at radius 2 is 1.77 bits per heavy atom. The number of fused-ring (bicyclic) bond motifs is 1. The third-order valence-electron chi connectivity index (χ3n) is 7.64. The van der Waals surface area contributed by atoms with Crippen LogP contribution < -0.4 is 21.0 Å². The van der Waals surface area contributed by atoms with E-state index in [1.165, 1.54) is 28.9 Å². The van der Waals surface area contributed by atoms with Crippen molar-refractivity contribution in [2.24, 2.45) is 0 Å². The molecule has 0 radical (unpaired) electrons. The lowest BCUT2D eigenvalue weighted by molar-refractivity contribution is -0.137. The zero-order chi connectivity index (χ0) is 34.9. The van der Waals surface area contributed by atoms with Crippen LogP contribution in [0.2, 0.25) is 5.02 Å². The predicted molar refractivity (Wildman–Crippen MR) is 169 cm³/mol. The minimum Gasteiger partial charge on any atom is -0.504 e. The molecule has 5 rings (SSSR count). The number of rotatable bonds is 7. The Kier molecular flexibility index (Phi) is 9.52. The normalized spacial score (nSPS) is 13.5. The number of aryl methyl sites for hydroxylation is 1. The molecule has 0 aliphatic carbocycles. The van der Waals surface area contributed by atoms with Gasteiger partial charge in [-0.3, -0.25) is 19.2 Å². The largest absolute Gasteiger partial charge is 0.504 e. The fraction of sp³-hybridized carbons (Fsp3) is 0.333. The summed E-state index contributed by atoms with van der Waals surface area (Å²) in [4.78, 5) is 71.9. The molecule has 0 unspecified atom stereocenters. The Balaban J connectivity index is 1.50. The summed E-state index contributed by atoms with van der Waals surface area (Å²) < 4.78 is 40.8. The number of alkyl halides is 3. The Morgan fingerprint density at radius 1 is 1.06 bits per heavy atom. The van der Waals surface area contributed by atoms with Crippen molar-refractivity contribution >= 4 is 57.7 Å². The van der Waals surface area contributed by atoms with Crippen LogP contribution in [0.5, 0.6) is 5.75 Å². The first-order valence-corrected chi connectivity index (χ1v) is 15.0. The van der Waals surface area contributed by atoms with Crippen LogP contribution in [-0.4, -0.2) is 78.4 Å². The van der Waals surface area contributed by atoms with E-state index >= 15 is 0 Å². The van der Waals surface area contributed by atoms with Gasteiger partial charge >= 0.3 is 6.18 Å². The Labute approximate surface area is 275 Å². The van der Waals surface area contributed by atoms with Gasteiger partial charge in [-0.05, 0) is 31.5 Å². The lowest BCUT2D eigenvalue weighted by Crippen LogP contribution is -2.50. The maximum atomic E-state index is 14.0. The number of amides is 3. The van der Waals surface area contributed by atoms with E-state index in [2.05, 4.69) is 30.6 Å². The number of carbonyl (C=O) groups excluding carboxylic acids is 3. The van der Waals surface area contributed by atoms with Gasteiger partial charge in [0.05, 0.1) is 28.2 Å². The van der Waals surface area contributed by atoms with Gasteiger partial charge in [0.2, 0.25) is 17.2 Å². The topological polar surface area (TPSA) is 176 Å². The number of anilines is 3. The first kappa shape index (κ1) is 34.0. The second-order valence-electron chi connectivity index (χ2n) is 10.8. The summed E-state index contributed by atoms with van der Waals surface area (Å²) in [6.07, 6.45) is -1.96. The second kappa shape index (κ2) is 13.4. The molecule has 3 aromatic heterocycles. The van der Waals surface area contributed by atoms with Gasteiger partial charge in [0.15, 0.2) is 28.4 Å². The van der Waals surface area contributed by atoms with E-state index in [9.17, 15) is 37.5 Å². The molecular weight excluding hydrogens is 659 g/mol. The van der Waals surface area contributed by atoms with Crippen LogP contribution in [-0.2, 0) is 28.7 Å². The van der Waals surface area contributed by atoms with E-state index in [1.54, 1.807) is 18.7 Å². The molecule has 0 spiro atoms. The zero-order valence-electron chi connectivity index (χ0n) is 25.9. The number of carbonyl (C=O) groups is 3. The maximum Gasteiger partial charge on any atom is 0.416 e. The quantitative estimate of drug-likeness (QED) is 0.261. The van der Waals surface area contributed by atoms with Crippen LogP contribution >= 0.6 is 11.6 Å². The van der Waals surface area contributed by atoms with Crippen LogP contribution in [0, 0.1) is 6.92 Å². The fourth-order valence-electron chi connectivity index (χ4n) is 5.36. The van der Waals surface area contributed by atoms with Crippen molar-refractivity contribution < 1.29 is 32.7 Å². The third-order valence-corrected chi connectivity index (χ3v) is 7.95. The molecule has 1 aromatic carbocycles. The van der Waals surface area contributed by atoms with Gasteiger partial charge in [-0.2, -0.15) is 13.2 Å². The molecule has 1 saturated heterocycles. The summed E-state index contributed by atoms with van der Waals surface area (Å²) in [7, 11) is 0. The van der Waals surface area contributed by atoms with Crippen molar-refractivity contribution in [2.75, 3.05) is 41.7 Å². The predicted octanol–water partition coefficient (Wildman–Crippen LogP) is 3.39. The summed E-state index contributed by atoms with van der Waals surface area (Å²) >= 11 is 6.06. The molecule has 0 atom stereocenters. The number of pyridine rings is 1. The molecule has 3 amide bonds. The van der Waals surface area contributed by atoms with Crippen LogP contribution in [0.3, 0.4) is 0 Å².